The molecule has 0 bridgehead atoms. The van der Waals surface area contributed by atoms with Crippen molar-refractivity contribution >= 4 is 23.0 Å². The Labute approximate surface area is 163 Å². The Morgan fingerprint density at radius 2 is 1.75 bits per heavy atom. The maximum atomic E-state index is 12.2. The van der Waals surface area contributed by atoms with Gasteiger partial charge in [-0.3, -0.25) is 9.78 Å². The molecule has 5 nitrogen and oxygen atoms in total. The molecule has 0 radical (unpaired) electrons. The summed E-state index contributed by atoms with van der Waals surface area (Å²) in [5.74, 6) is -0.260. The standard InChI is InChI=1S/C23H20N4O/c1-17-21(15-25-26-23(28)19-11-13-24-14-12-19)20-9-5-6-10-22(20)27(17)16-18-7-3-2-4-8-18/h2-15H,16H2,1H3,(H,26,28)/b25-15+. The van der Waals surface area contributed by atoms with E-state index in [9.17, 15) is 4.79 Å². The Kier molecular flexibility index (Phi) is 4.97. The first kappa shape index (κ1) is 17.7. The number of amides is 1. The first-order valence-electron chi connectivity index (χ1n) is 9.09. The van der Waals surface area contributed by atoms with E-state index in [4.69, 9.17) is 0 Å². The number of aromatic nitrogens is 2. The summed E-state index contributed by atoms with van der Waals surface area (Å²) < 4.78 is 2.27. The van der Waals surface area contributed by atoms with E-state index in [-0.39, 0.29) is 5.91 Å². The van der Waals surface area contributed by atoms with Gasteiger partial charge in [0.15, 0.2) is 0 Å². The summed E-state index contributed by atoms with van der Waals surface area (Å²) in [5, 5.41) is 5.30. The van der Waals surface area contributed by atoms with E-state index in [1.807, 2.05) is 30.3 Å². The first-order valence-corrected chi connectivity index (χ1v) is 9.09. The fourth-order valence-electron chi connectivity index (χ4n) is 3.31. The normalized spacial score (nSPS) is 11.2. The number of hydrogen-bond donors (Lipinski definition) is 1. The van der Waals surface area contributed by atoms with Crippen LogP contribution in [-0.4, -0.2) is 21.7 Å². The number of carbonyl (C=O) groups is 1. The molecule has 28 heavy (non-hydrogen) atoms. The Bertz CT molecular complexity index is 1130. The lowest BCUT2D eigenvalue weighted by Crippen LogP contribution is -2.17. The number of nitrogens with zero attached hydrogens (tertiary/aromatic N) is 3. The monoisotopic (exact) mass is 368 g/mol. The van der Waals surface area contributed by atoms with Crippen LogP contribution in [0.2, 0.25) is 0 Å². The molecule has 5 heteroatoms. The summed E-state index contributed by atoms with van der Waals surface area (Å²) in [7, 11) is 0. The van der Waals surface area contributed by atoms with Gasteiger partial charge in [0.25, 0.3) is 5.91 Å². The SMILES string of the molecule is Cc1c(/C=N/NC(=O)c2ccncc2)c2ccccc2n1Cc1ccccc1. The number of pyridine rings is 1. The molecule has 0 spiro atoms. The lowest BCUT2D eigenvalue weighted by atomic mass is 10.1. The van der Waals surface area contributed by atoms with Gasteiger partial charge < -0.3 is 4.57 Å². The van der Waals surface area contributed by atoms with E-state index in [0.717, 1.165) is 28.7 Å². The van der Waals surface area contributed by atoms with E-state index in [1.54, 1.807) is 30.7 Å². The van der Waals surface area contributed by atoms with Crippen LogP contribution in [0, 0.1) is 6.92 Å². The average molecular weight is 368 g/mol. The highest BCUT2D eigenvalue weighted by Gasteiger charge is 2.13. The molecule has 0 aliphatic rings. The number of nitrogens with one attached hydrogen (secondary N) is 1. The van der Waals surface area contributed by atoms with Gasteiger partial charge in [0.05, 0.1) is 6.21 Å². The quantitative estimate of drug-likeness (QED) is 0.425. The van der Waals surface area contributed by atoms with Gasteiger partial charge in [-0.25, -0.2) is 5.43 Å². The molecule has 0 saturated heterocycles. The molecule has 138 valence electrons. The minimum Gasteiger partial charge on any atom is -0.340 e. The summed E-state index contributed by atoms with van der Waals surface area (Å²) in [6.45, 7) is 2.86. The van der Waals surface area contributed by atoms with Gasteiger partial charge in [-0.2, -0.15) is 5.10 Å². The number of carbonyl (C=O) groups excluding carboxylic acids is 1. The van der Waals surface area contributed by atoms with E-state index < -0.39 is 0 Å². The molecule has 4 rings (SSSR count). The van der Waals surface area contributed by atoms with Crippen molar-refractivity contribution in [2.24, 2.45) is 5.10 Å². The zero-order valence-electron chi connectivity index (χ0n) is 15.5. The predicted octanol–water partition coefficient (Wildman–Crippen LogP) is 4.16. The van der Waals surface area contributed by atoms with Crippen LogP contribution in [0.4, 0.5) is 0 Å². The van der Waals surface area contributed by atoms with Gasteiger partial charge in [0.1, 0.15) is 0 Å². The molecule has 2 aromatic carbocycles. The van der Waals surface area contributed by atoms with Crippen molar-refractivity contribution in [3.05, 3.63) is 102 Å². The molecule has 0 unspecified atom stereocenters. The Morgan fingerprint density at radius 1 is 1.04 bits per heavy atom. The highest BCUT2D eigenvalue weighted by molar-refractivity contribution is 6.02. The van der Waals surface area contributed by atoms with Gasteiger partial charge in [-0.15, -0.1) is 0 Å². The van der Waals surface area contributed by atoms with Crippen molar-refractivity contribution in [3.63, 3.8) is 0 Å². The highest BCUT2D eigenvalue weighted by Crippen LogP contribution is 2.25. The van der Waals surface area contributed by atoms with Crippen LogP contribution in [0.25, 0.3) is 10.9 Å². The van der Waals surface area contributed by atoms with Crippen molar-refractivity contribution in [1.29, 1.82) is 0 Å². The topological polar surface area (TPSA) is 59.3 Å². The van der Waals surface area contributed by atoms with Crippen LogP contribution < -0.4 is 5.43 Å². The Morgan fingerprint density at radius 3 is 2.54 bits per heavy atom. The molecule has 2 heterocycles. The number of fused-ring (bicyclic) bond motifs is 1. The van der Waals surface area contributed by atoms with Gasteiger partial charge >= 0.3 is 0 Å². The molecule has 4 aromatic rings. The summed E-state index contributed by atoms with van der Waals surface area (Å²) in [5.41, 5.74) is 7.60. The average Bonchev–Trinajstić information content (AvgIpc) is 3.01. The summed E-state index contributed by atoms with van der Waals surface area (Å²) in [6, 6.07) is 21.9. The Hall–Kier alpha value is -3.73. The molecule has 1 amide bonds. The number of para-hydroxylation sites is 1. The fourth-order valence-corrected chi connectivity index (χ4v) is 3.31. The number of rotatable bonds is 5. The zero-order chi connectivity index (χ0) is 19.3. The van der Waals surface area contributed by atoms with Crippen molar-refractivity contribution in [2.75, 3.05) is 0 Å². The third-order valence-corrected chi connectivity index (χ3v) is 4.77. The lowest BCUT2D eigenvalue weighted by Gasteiger charge is -2.08. The second-order valence-corrected chi connectivity index (χ2v) is 6.52. The van der Waals surface area contributed by atoms with E-state index in [1.165, 1.54) is 5.56 Å². The van der Waals surface area contributed by atoms with Crippen LogP contribution in [0.1, 0.15) is 27.2 Å². The van der Waals surface area contributed by atoms with Crippen LogP contribution in [0.3, 0.4) is 0 Å². The zero-order valence-corrected chi connectivity index (χ0v) is 15.5. The molecule has 1 N–H and O–H groups in total. The van der Waals surface area contributed by atoms with Gasteiger partial charge in [0, 0.05) is 46.7 Å². The smallest absolute Gasteiger partial charge is 0.271 e. The van der Waals surface area contributed by atoms with E-state index in [2.05, 4.69) is 51.3 Å². The highest BCUT2D eigenvalue weighted by atomic mass is 16.2. The maximum Gasteiger partial charge on any atom is 0.271 e. The van der Waals surface area contributed by atoms with Crippen molar-refractivity contribution in [2.45, 2.75) is 13.5 Å². The van der Waals surface area contributed by atoms with Crippen molar-refractivity contribution in [1.82, 2.24) is 15.0 Å². The van der Waals surface area contributed by atoms with E-state index in [0.29, 0.717) is 5.56 Å². The van der Waals surface area contributed by atoms with Gasteiger partial charge in [0.2, 0.25) is 0 Å². The predicted molar refractivity (Wildman–Crippen MR) is 112 cm³/mol. The summed E-state index contributed by atoms with van der Waals surface area (Å²) in [4.78, 5) is 16.1. The lowest BCUT2D eigenvalue weighted by molar-refractivity contribution is 0.0955. The minimum atomic E-state index is -0.260. The molecule has 0 saturated carbocycles. The van der Waals surface area contributed by atoms with Crippen molar-refractivity contribution in [3.8, 4) is 0 Å². The maximum absolute atomic E-state index is 12.2. The number of hydrazone groups is 1. The minimum absolute atomic E-state index is 0.260. The number of benzene rings is 2. The molecule has 0 aliphatic heterocycles. The molecule has 0 fully saturated rings. The molecule has 2 aromatic heterocycles. The van der Waals surface area contributed by atoms with Crippen LogP contribution in [0.15, 0.2) is 84.2 Å². The second-order valence-electron chi connectivity index (χ2n) is 6.52. The van der Waals surface area contributed by atoms with Crippen LogP contribution >= 0.6 is 0 Å². The molecular formula is C23H20N4O. The van der Waals surface area contributed by atoms with Gasteiger partial charge in [-0.1, -0.05) is 48.5 Å². The second kappa shape index (κ2) is 7.88. The summed E-state index contributed by atoms with van der Waals surface area (Å²) in [6.07, 6.45) is 4.89. The first-order chi connectivity index (χ1) is 13.7. The van der Waals surface area contributed by atoms with E-state index >= 15 is 0 Å². The largest absolute Gasteiger partial charge is 0.340 e. The third-order valence-electron chi connectivity index (χ3n) is 4.77. The Balaban J connectivity index is 1.64. The summed E-state index contributed by atoms with van der Waals surface area (Å²) >= 11 is 0. The van der Waals surface area contributed by atoms with Crippen LogP contribution in [-0.2, 0) is 6.54 Å². The third kappa shape index (κ3) is 3.55. The fraction of sp³-hybridized carbons (Fsp3) is 0.0870. The molecule has 0 atom stereocenters. The van der Waals surface area contributed by atoms with Gasteiger partial charge in [-0.05, 0) is 30.7 Å². The molecular weight excluding hydrogens is 348 g/mol. The number of hydrogen-bond acceptors (Lipinski definition) is 3. The van der Waals surface area contributed by atoms with Crippen LogP contribution in [0.5, 0.6) is 0 Å². The molecule has 0 aliphatic carbocycles. The van der Waals surface area contributed by atoms with Crippen molar-refractivity contribution < 1.29 is 4.79 Å².